The van der Waals surface area contributed by atoms with E-state index in [1.807, 2.05) is 0 Å². The molecule has 0 radical (unpaired) electrons. The Balaban J connectivity index is 3.94. The van der Waals surface area contributed by atoms with Crippen LogP contribution < -0.4 is 0 Å². The Morgan fingerprint density at radius 1 is 1.29 bits per heavy atom. The van der Waals surface area contributed by atoms with Crippen LogP contribution in [-0.2, 0) is 0 Å². The highest BCUT2D eigenvalue weighted by Gasteiger charge is 2.09. The van der Waals surface area contributed by atoms with Gasteiger partial charge in [0.05, 0.1) is 0 Å². The van der Waals surface area contributed by atoms with E-state index in [1.165, 1.54) is 6.42 Å². The van der Waals surface area contributed by atoms with Crippen molar-refractivity contribution in [2.24, 2.45) is 5.92 Å². The van der Waals surface area contributed by atoms with Crippen molar-refractivity contribution in [3.63, 3.8) is 0 Å². The summed E-state index contributed by atoms with van der Waals surface area (Å²) in [4.78, 5) is 0. The molecule has 17 heavy (non-hydrogen) atoms. The average molecular weight is 238 g/mol. The molecule has 2 atom stereocenters. The van der Waals surface area contributed by atoms with Gasteiger partial charge < -0.3 is 10.2 Å². The molecular formula is C15H26O2. The summed E-state index contributed by atoms with van der Waals surface area (Å²) < 4.78 is 0. The van der Waals surface area contributed by atoms with E-state index in [0.717, 1.165) is 12.8 Å². The van der Waals surface area contributed by atoms with E-state index in [0.29, 0.717) is 12.3 Å². The Labute approximate surface area is 106 Å². The fourth-order valence-electron chi connectivity index (χ4n) is 1.41. The number of aliphatic hydroxyl groups is 2. The molecule has 0 fully saturated rings. The van der Waals surface area contributed by atoms with Gasteiger partial charge >= 0.3 is 0 Å². The molecule has 0 saturated heterocycles. The Bertz CT molecular complexity index is 276. The molecule has 2 nitrogen and oxygen atoms in total. The minimum Gasteiger partial charge on any atom is -0.380 e. The maximum atomic E-state index is 9.68. The Kier molecular flexibility index (Phi) is 7.95. The van der Waals surface area contributed by atoms with Gasteiger partial charge in [0, 0.05) is 0 Å². The summed E-state index contributed by atoms with van der Waals surface area (Å²) in [7, 11) is 0. The molecule has 0 spiro atoms. The molecule has 0 saturated carbocycles. The summed E-state index contributed by atoms with van der Waals surface area (Å²) in [5.74, 6) is 5.74. The molecule has 0 aromatic rings. The van der Waals surface area contributed by atoms with Gasteiger partial charge in [0.25, 0.3) is 0 Å². The largest absolute Gasteiger partial charge is 0.380 e. The number of unbranched alkanes of at least 4 members (excludes halogenated alkanes) is 1. The number of hydrogen-bond acceptors (Lipinski definition) is 2. The Morgan fingerprint density at radius 3 is 2.47 bits per heavy atom. The minimum atomic E-state index is -1.02. The first-order chi connectivity index (χ1) is 7.85. The van der Waals surface area contributed by atoms with Gasteiger partial charge in [-0.05, 0) is 39.0 Å². The van der Waals surface area contributed by atoms with E-state index in [1.54, 1.807) is 13.8 Å². The summed E-state index contributed by atoms with van der Waals surface area (Å²) in [5.41, 5.74) is -1.02. The maximum absolute atomic E-state index is 9.68. The van der Waals surface area contributed by atoms with Gasteiger partial charge in [0.1, 0.15) is 11.7 Å². The van der Waals surface area contributed by atoms with E-state index < -0.39 is 11.7 Å². The zero-order chi connectivity index (χ0) is 13.3. The van der Waals surface area contributed by atoms with Crippen LogP contribution in [0.3, 0.4) is 0 Å². The quantitative estimate of drug-likeness (QED) is 0.552. The lowest BCUT2D eigenvalue weighted by Gasteiger charge is -2.11. The zero-order valence-corrected chi connectivity index (χ0v) is 11.5. The van der Waals surface area contributed by atoms with Crippen LogP contribution in [0.4, 0.5) is 0 Å². The lowest BCUT2D eigenvalue weighted by Crippen LogP contribution is -2.17. The molecule has 0 aromatic carbocycles. The van der Waals surface area contributed by atoms with E-state index >= 15 is 0 Å². The highest BCUT2D eigenvalue weighted by molar-refractivity contribution is 5.13. The normalized spacial score (nSPS) is 15.4. The standard InChI is InChI=1S/C15H26O2/c1-5-6-7-8-9-13(2)12-14(16)10-11-15(3,4)17/h7-8,13-14,16-17H,5-6,9,12H2,1-4H3. The fourth-order valence-corrected chi connectivity index (χ4v) is 1.41. The molecule has 0 bridgehead atoms. The van der Waals surface area contributed by atoms with Gasteiger partial charge in [-0.15, -0.1) is 0 Å². The van der Waals surface area contributed by atoms with Crippen LogP contribution >= 0.6 is 0 Å². The van der Waals surface area contributed by atoms with Crippen molar-refractivity contribution in [2.45, 2.75) is 65.1 Å². The first kappa shape index (κ1) is 16.2. The number of rotatable bonds is 6. The van der Waals surface area contributed by atoms with Crippen molar-refractivity contribution in [3.8, 4) is 11.8 Å². The SMILES string of the molecule is CCCC=CCC(C)CC(O)C#CC(C)(C)O. The van der Waals surface area contributed by atoms with Crippen molar-refractivity contribution < 1.29 is 10.2 Å². The minimum absolute atomic E-state index is 0.411. The third-order valence-corrected chi connectivity index (χ3v) is 2.33. The third-order valence-electron chi connectivity index (χ3n) is 2.33. The van der Waals surface area contributed by atoms with Crippen molar-refractivity contribution >= 4 is 0 Å². The van der Waals surface area contributed by atoms with Crippen LogP contribution in [0, 0.1) is 17.8 Å². The summed E-state index contributed by atoms with van der Waals surface area (Å²) in [6.07, 6.45) is 7.63. The summed E-state index contributed by atoms with van der Waals surface area (Å²) in [5, 5.41) is 19.1. The maximum Gasteiger partial charge on any atom is 0.120 e. The highest BCUT2D eigenvalue weighted by atomic mass is 16.3. The van der Waals surface area contributed by atoms with Crippen molar-refractivity contribution in [1.82, 2.24) is 0 Å². The fraction of sp³-hybridized carbons (Fsp3) is 0.733. The first-order valence-corrected chi connectivity index (χ1v) is 6.43. The van der Waals surface area contributed by atoms with Gasteiger partial charge in [-0.2, -0.15) is 0 Å². The monoisotopic (exact) mass is 238 g/mol. The lowest BCUT2D eigenvalue weighted by molar-refractivity contribution is 0.141. The number of hydrogen-bond donors (Lipinski definition) is 2. The van der Waals surface area contributed by atoms with Gasteiger partial charge in [0.15, 0.2) is 0 Å². The van der Waals surface area contributed by atoms with Crippen molar-refractivity contribution in [1.29, 1.82) is 0 Å². The predicted octanol–water partition coefficient (Wildman–Crippen LogP) is 2.89. The van der Waals surface area contributed by atoms with Crippen LogP contribution in [0.2, 0.25) is 0 Å². The molecule has 0 aliphatic rings. The average Bonchev–Trinajstić information content (AvgIpc) is 2.21. The molecule has 0 rings (SSSR count). The van der Waals surface area contributed by atoms with E-state index in [4.69, 9.17) is 0 Å². The van der Waals surface area contributed by atoms with Crippen LogP contribution in [-0.4, -0.2) is 21.9 Å². The third kappa shape index (κ3) is 11.5. The predicted molar refractivity (Wildman–Crippen MR) is 72.5 cm³/mol. The smallest absolute Gasteiger partial charge is 0.120 e. The lowest BCUT2D eigenvalue weighted by atomic mass is 9.99. The number of allylic oxidation sites excluding steroid dienone is 2. The second-order valence-electron chi connectivity index (χ2n) is 5.18. The van der Waals surface area contributed by atoms with Gasteiger partial charge in [-0.25, -0.2) is 0 Å². The van der Waals surface area contributed by atoms with Crippen LogP contribution in [0.15, 0.2) is 12.2 Å². The first-order valence-electron chi connectivity index (χ1n) is 6.43. The molecule has 0 heterocycles. The molecule has 2 N–H and O–H groups in total. The molecule has 0 amide bonds. The van der Waals surface area contributed by atoms with Gasteiger partial charge in [0.2, 0.25) is 0 Å². The highest BCUT2D eigenvalue weighted by Crippen LogP contribution is 2.11. The van der Waals surface area contributed by atoms with Crippen LogP contribution in [0.25, 0.3) is 0 Å². The second-order valence-corrected chi connectivity index (χ2v) is 5.18. The Hall–Kier alpha value is -0.780. The second kappa shape index (κ2) is 8.33. The van der Waals surface area contributed by atoms with Crippen molar-refractivity contribution in [2.75, 3.05) is 0 Å². The molecule has 98 valence electrons. The summed E-state index contributed by atoms with van der Waals surface area (Å²) >= 11 is 0. The van der Waals surface area contributed by atoms with Gasteiger partial charge in [-0.3, -0.25) is 0 Å². The van der Waals surface area contributed by atoms with Crippen LogP contribution in [0.1, 0.15) is 53.4 Å². The summed E-state index contributed by atoms with van der Waals surface area (Å²) in [6.45, 7) is 7.49. The van der Waals surface area contributed by atoms with Gasteiger partial charge in [-0.1, -0.05) is 44.3 Å². The summed E-state index contributed by atoms with van der Waals surface area (Å²) in [6, 6.07) is 0. The zero-order valence-electron chi connectivity index (χ0n) is 11.5. The van der Waals surface area contributed by atoms with E-state index in [-0.39, 0.29) is 0 Å². The molecule has 0 aromatic heterocycles. The van der Waals surface area contributed by atoms with Crippen LogP contribution in [0.5, 0.6) is 0 Å². The van der Waals surface area contributed by atoms with Crippen molar-refractivity contribution in [3.05, 3.63) is 12.2 Å². The molecular weight excluding hydrogens is 212 g/mol. The van der Waals surface area contributed by atoms with E-state index in [9.17, 15) is 10.2 Å². The van der Waals surface area contributed by atoms with E-state index in [2.05, 4.69) is 37.8 Å². The Morgan fingerprint density at radius 2 is 1.94 bits per heavy atom. The molecule has 2 heteroatoms. The molecule has 2 unspecified atom stereocenters. The number of aliphatic hydroxyl groups excluding tert-OH is 1. The molecule has 0 aliphatic carbocycles. The molecule has 0 aliphatic heterocycles. The topological polar surface area (TPSA) is 40.5 Å².